The molecular formula is C69H48B2BrN4O2S2. The molecule has 381 valence electrons. The van der Waals surface area contributed by atoms with Gasteiger partial charge in [-0.05, 0) is 90.9 Å². The van der Waals surface area contributed by atoms with Crippen LogP contribution in [0, 0.1) is 0 Å². The number of pyridine rings is 4. The Morgan fingerprint density at radius 3 is 1.39 bits per heavy atom. The number of halogens is 1. The van der Waals surface area contributed by atoms with Gasteiger partial charge in [-0.1, -0.05) is 195 Å². The molecule has 6 heterocycles. The topological polar surface area (TPSA) is 92.0 Å². The fourth-order valence-corrected chi connectivity index (χ4v) is 13.7. The highest BCUT2D eigenvalue weighted by Gasteiger charge is 2.19. The molecule has 0 amide bonds. The zero-order valence-corrected chi connectivity index (χ0v) is 45.2. The summed E-state index contributed by atoms with van der Waals surface area (Å²) in [6.07, 6.45) is 3.61. The molecule has 0 aliphatic heterocycles. The zero-order chi connectivity index (χ0) is 54.0. The van der Waals surface area contributed by atoms with E-state index in [-0.39, 0.29) is 17.3 Å². The number of thiophene rings is 2. The molecule has 11 heteroatoms. The van der Waals surface area contributed by atoms with Crippen molar-refractivity contribution in [3.05, 3.63) is 247 Å². The van der Waals surface area contributed by atoms with Crippen molar-refractivity contribution in [1.82, 2.24) is 19.9 Å². The molecule has 0 aliphatic carbocycles. The molecule has 0 atom stereocenters. The maximum absolute atomic E-state index is 9.67. The first-order valence-electron chi connectivity index (χ1n) is 26.4. The highest BCUT2D eigenvalue weighted by molar-refractivity contribution is 9.10. The van der Waals surface area contributed by atoms with Crippen LogP contribution in [0.5, 0.6) is 0 Å². The third-order valence-corrected chi connectivity index (χ3v) is 17.8. The first-order valence-corrected chi connectivity index (χ1v) is 27.9. The lowest BCUT2D eigenvalue weighted by Crippen LogP contribution is -2.30. The molecule has 6 nitrogen and oxygen atoms in total. The van der Waals surface area contributed by atoms with E-state index in [1.165, 1.54) is 47.5 Å². The number of rotatable bonds is 4. The molecule has 80 heavy (non-hydrogen) atoms. The Hall–Kier alpha value is -8.67. The minimum absolute atomic E-state index is 0. The van der Waals surface area contributed by atoms with Crippen molar-refractivity contribution >= 4 is 165 Å². The van der Waals surface area contributed by atoms with Crippen LogP contribution in [0.15, 0.2) is 247 Å². The second kappa shape index (κ2) is 21.9. The van der Waals surface area contributed by atoms with Gasteiger partial charge < -0.3 is 10.0 Å². The molecule has 0 saturated heterocycles. The summed E-state index contributed by atoms with van der Waals surface area (Å²) >= 11 is 6.94. The fraction of sp³-hybridized carbons (Fsp3) is 0.0145. The zero-order valence-electron chi connectivity index (χ0n) is 44.0. The number of benzene rings is 10. The highest BCUT2D eigenvalue weighted by Crippen LogP contribution is 2.44. The van der Waals surface area contributed by atoms with Crippen molar-refractivity contribution in [1.29, 1.82) is 0 Å². The Morgan fingerprint density at radius 2 is 0.812 bits per heavy atom. The fourth-order valence-electron chi connectivity index (χ4n) is 10.8. The number of aromatic nitrogens is 4. The number of hydrogen-bond acceptors (Lipinski definition) is 8. The average Bonchev–Trinajstić information content (AvgIpc) is 4.28. The van der Waals surface area contributed by atoms with E-state index in [0.717, 1.165) is 96.2 Å². The van der Waals surface area contributed by atoms with Crippen LogP contribution in [0.1, 0.15) is 11.6 Å². The minimum atomic E-state index is -1.51. The van der Waals surface area contributed by atoms with E-state index in [2.05, 4.69) is 147 Å². The van der Waals surface area contributed by atoms with Gasteiger partial charge in [0.1, 0.15) is 0 Å². The summed E-state index contributed by atoms with van der Waals surface area (Å²) in [5.74, 6) is 0. The Balaban J connectivity index is 0.000000140. The Labute approximate surface area is 484 Å². The molecule has 0 aliphatic rings. The van der Waals surface area contributed by atoms with Crippen LogP contribution in [0.4, 0.5) is 0 Å². The largest absolute Gasteiger partial charge is 0.489 e. The van der Waals surface area contributed by atoms with Crippen LogP contribution in [-0.4, -0.2) is 45.5 Å². The van der Waals surface area contributed by atoms with Gasteiger partial charge in [0.2, 0.25) is 0 Å². The Bertz CT molecular complexity index is 5100. The quantitative estimate of drug-likeness (QED) is 0.135. The smallest absolute Gasteiger partial charge is 0.423 e. The van der Waals surface area contributed by atoms with Gasteiger partial charge in [-0.3, -0.25) is 9.97 Å². The Morgan fingerprint density at radius 1 is 0.388 bits per heavy atom. The number of fused-ring (bicyclic) bond motifs is 14. The SMILES string of the molecule is C.OB(O)c1ccc(-c2ccc3ccc4cccnc4c3n2)c2ccccc12.[2HH].[2H]c1cccc2c1sc1c(-c3ccc(-c4ccc5ccc6cccnc6c5n4)c4ccccc34)cccc12.[2H]c1cccc2c1sc1c(Br)cccc12.[B]. The maximum atomic E-state index is 9.67. The minimum Gasteiger partial charge on any atom is -0.423 e. The molecule has 10 aromatic carbocycles. The van der Waals surface area contributed by atoms with Gasteiger partial charge in [0.15, 0.2) is 0 Å². The number of nitrogens with zero attached hydrogens (tertiary/aromatic N) is 4. The summed E-state index contributed by atoms with van der Waals surface area (Å²) in [5, 5.41) is 32.5. The van der Waals surface area contributed by atoms with Crippen LogP contribution in [0.25, 0.3) is 139 Å². The molecule has 16 aromatic rings. The van der Waals surface area contributed by atoms with Crippen LogP contribution < -0.4 is 5.46 Å². The van der Waals surface area contributed by atoms with Crippen LogP contribution in [0.2, 0.25) is 0 Å². The maximum Gasteiger partial charge on any atom is 0.489 e. The summed E-state index contributed by atoms with van der Waals surface area (Å²) in [6.45, 7) is 0. The van der Waals surface area contributed by atoms with Crippen molar-refractivity contribution in [2.45, 2.75) is 7.43 Å². The van der Waals surface area contributed by atoms with Crippen molar-refractivity contribution in [2.24, 2.45) is 0 Å². The second-order valence-electron chi connectivity index (χ2n) is 19.0. The van der Waals surface area contributed by atoms with Gasteiger partial charge in [0.25, 0.3) is 0 Å². The normalized spacial score (nSPS) is 11.6. The molecule has 0 fully saturated rings. The molecule has 2 N–H and O–H groups in total. The first-order chi connectivity index (χ1) is 39.3. The van der Waals surface area contributed by atoms with Gasteiger partial charge in [0.05, 0.1) is 36.2 Å². The lowest BCUT2D eigenvalue weighted by molar-refractivity contribution is 0.426. The summed E-state index contributed by atoms with van der Waals surface area (Å²) in [5.41, 5.74) is 10.3. The van der Waals surface area contributed by atoms with E-state index in [1.807, 2.05) is 97.2 Å². The van der Waals surface area contributed by atoms with E-state index in [9.17, 15) is 10.0 Å². The Kier molecular flexibility index (Phi) is 13.6. The molecule has 3 radical (unpaired) electrons. The standard InChI is InChI=1S/C34H20N2S.C22H15BN2O2.C12H7BrS.CH4.B.H2/c1-2-9-24-23(8-1)25(28-11-5-12-29-27-10-3-4-13-31(27)37-34(28)29)17-18-26(24)30-19-16-22-15-14-21-7-6-20-35-32(21)33(22)36-30;26-23(27)19-11-10-18(16-5-1-2-6-17(16)19)20-12-9-15-8-7-14-4-3-13-24-21(14)22(15)25-20;13-10-6-3-5-9-8-4-1-2-7-11(8)14-12(9)10;;;/h1-20H;1-13,26-27H;1-7H;1H4;;1H/i13D;;7D;;;1+1. The summed E-state index contributed by atoms with van der Waals surface area (Å²) in [4.78, 5) is 19.2. The summed E-state index contributed by atoms with van der Waals surface area (Å²) < 4.78 is 22.0. The van der Waals surface area contributed by atoms with E-state index in [1.54, 1.807) is 34.9 Å². The predicted octanol–water partition coefficient (Wildman–Crippen LogP) is 18.2. The summed E-state index contributed by atoms with van der Waals surface area (Å²) in [7, 11) is -1.51. The third kappa shape index (κ3) is 9.22. The monoisotopic (exact) mass is 1130 g/mol. The highest BCUT2D eigenvalue weighted by atomic mass is 79.9. The van der Waals surface area contributed by atoms with E-state index in [0.29, 0.717) is 17.5 Å². The van der Waals surface area contributed by atoms with Gasteiger partial charge >= 0.3 is 7.12 Å². The number of hydrogen-bond donors (Lipinski definition) is 2. The lowest BCUT2D eigenvalue weighted by Gasteiger charge is -2.13. The molecule has 16 rings (SSSR count). The molecule has 0 bridgehead atoms. The molecule has 6 aromatic heterocycles. The van der Waals surface area contributed by atoms with E-state index >= 15 is 0 Å². The van der Waals surface area contributed by atoms with Crippen molar-refractivity contribution in [2.75, 3.05) is 0 Å². The molecule has 0 saturated carbocycles. The lowest BCUT2D eigenvalue weighted by atomic mass is 9.76. The van der Waals surface area contributed by atoms with E-state index < -0.39 is 7.12 Å². The molecule has 0 spiro atoms. The molecule has 0 unspecified atom stereocenters. The van der Waals surface area contributed by atoms with Gasteiger partial charge in [-0.2, -0.15) is 0 Å². The van der Waals surface area contributed by atoms with Gasteiger partial charge in [-0.25, -0.2) is 9.97 Å². The first kappa shape index (κ1) is 49.6. The van der Waals surface area contributed by atoms with Crippen LogP contribution >= 0.6 is 38.6 Å². The molecular weight excluding hydrogens is 1080 g/mol. The van der Waals surface area contributed by atoms with Gasteiger partial charge in [-0.15, -0.1) is 22.7 Å². The van der Waals surface area contributed by atoms with Crippen LogP contribution in [-0.2, 0) is 0 Å². The third-order valence-electron chi connectivity index (χ3n) is 14.5. The average molecular weight is 1130 g/mol. The van der Waals surface area contributed by atoms with Crippen LogP contribution in [0.3, 0.4) is 0 Å². The van der Waals surface area contributed by atoms with E-state index in [4.69, 9.17) is 12.7 Å². The van der Waals surface area contributed by atoms with Crippen molar-refractivity contribution < 1.29 is 14.2 Å². The predicted molar refractivity (Wildman–Crippen MR) is 350 cm³/mol. The van der Waals surface area contributed by atoms with Gasteiger partial charge in [0, 0.05) is 105 Å². The van der Waals surface area contributed by atoms with Crippen molar-refractivity contribution in [3.8, 4) is 33.6 Å². The second-order valence-corrected chi connectivity index (χ2v) is 21.9. The van der Waals surface area contributed by atoms with Crippen molar-refractivity contribution in [3.63, 3.8) is 0 Å². The summed E-state index contributed by atoms with van der Waals surface area (Å²) in [6, 6.07) is 74.7.